The smallest absolute Gasteiger partial charge is 0.151 e. The molecule has 5 heteroatoms. The Morgan fingerprint density at radius 2 is 2.12 bits per heavy atom. The van der Waals surface area contributed by atoms with Crippen molar-refractivity contribution in [1.29, 1.82) is 0 Å². The zero-order valence-electron chi connectivity index (χ0n) is 10.1. The average molecular weight is 236 g/mol. The largest absolute Gasteiger partial charge is 0.391 e. The third-order valence-corrected chi connectivity index (χ3v) is 3.81. The average Bonchev–Trinajstić information content (AvgIpc) is 2.71. The first kappa shape index (κ1) is 11.2. The second kappa shape index (κ2) is 4.74. The number of aryl methyl sites for hydroxylation is 1. The molecule has 17 heavy (non-hydrogen) atoms. The van der Waals surface area contributed by atoms with Gasteiger partial charge in [0.05, 0.1) is 12.6 Å². The normalized spacial score (nSPS) is 25.8. The molecule has 0 aromatic carbocycles. The fourth-order valence-corrected chi connectivity index (χ4v) is 2.77. The second-order valence-corrected chi connectivity index (χ2v) is 5.22. The lowest BCUT2D eigenvalue weighted by molar-refractivity contribution is 0.124. The van der Waals surface area contributed by atoms with E-state index in [1.54, 1.807) is 0 Å². The highest BCUT2D eigenvalue weighted by atomic mass is 16.3. The lowest BCUT2D eigenvalue weighted by atomic mass is 9.94. The number of aliphatic hydroxyl groups is 1. The van der Waals surface area contributed by atoms with Crippen molar-refractivity contribution in [2.24, 2.45) is 5.92 Å². The van der Waals surface area contributed by atoms with E-state index in [0.29, 0.717) is 6.54 Å². The quantitative estimate of drug-likeness (QED) is 0.766. The minimum Gasteiger partial charge on any atom is -0.391 e. The molecule has 1 fully saturated rings. The molecule has 0 amide bonds. The van der Waals surface area contributed by atoms with Crippen LogP contribution in [0.2, 0.25) is 0 Å². The topological polar surface area (TPSA) is 63.0 Å². The molecule has 0 saturated carbocycles. The Morgan fingerprint density at radius 1 is 1.29 bits per heavy atom. The van der Waals surface area contributed by atoms with Crippen LogP contribution >= 0.6 is 0 Å². The zero-order valence-corrected chi connectivity index (χ0v) is 10.1. The molecule has 0 spiro atoms. The summed E-state index contributed by atoms with van der Waals surface area (Å²) in [7, 11) is 0. The molecule has 1 unspecified atom stereocenters. The van der Waals surface area contributed by atoms with Crippen molar-refractivity contribution in [2.45, 2.75) is 44.8 Å². The number of nitrogens with zero attached hydrogens (tertiary/aromatic N) is 3. The summed E-state index contributed by atoms with van der Waals surface area (Å²) in [5.41, 5.74) is 0. The van der Waals surface area contributed by atoms with Gasteiger partial charge in [-0.2, -0.15) is 5.10 Å². The van der Waals surface area contributed by atoms with Crippen LogP contribution in [0.3, 0.4) is 0 Å². The number of rotatable bonds is 2. The molecule has 2 aliphatic heterocycles. The predicted octanol–water partition coefficient (Wildman–Crippen LogP) is 0.127. The van der Waals surface area contributed by atoms with Crippen molar-refractivity contribution < 1.29 is 5.11 Å². The maximum absolute atomic E-state index is 9.59. The lowest BCUT2D eigenvalue weighted by Gasteiger charge is -2.21. The van der Waals surface area contributed by atoms with Crippen molar-refractivity contribution in [2.75, 3.05) is 13.1 Å². The maximum Gasteiger partial charge on any atom is 0.151 e. The van der Waals surface area contributed by atoms with Gasteiger partial charge in [0.25, 0.3) is 0 Å². The minimum absolute atomic E-state index is 0.240. The van der Waals surface area contributed by atoms with Gasteiger partial charge in [0.1, 0.15) is 5.82 Å². The summed E-state index contributed by atoms with van der Waals surface area (Å²) in [5, 5.41) is 17.5. The Kier molecular flexibility index (Phi) is 3.11. The molecule has 2 aliphatic rings. The first-order chi connectivity index (χ1) is 8.31. The number of fused-ring (bicyclic) bond motifs is 1. The van der Waals surface area contributed by atoms with E-state index in [1.165, 1.54) is 12.8 Å². The summed E-state index contributed by atoms with van der Waals surface area (Å²) in [6.45, 7) is 2.86. The monoisotopic (exact) mass is 236 g/mol. The van der Waals surface area contributed by atoms with Gasteiger partial charge in [-0.25, -0.2) is 9.67 Å². The van der Waals surface area contributed by atoms with E-state index >= 15 is 0 Å². The maximum atomic E-state index is 9.59. The van der Waals surface area contributed by atoms with Crippen LogP contribution in [-0.4, -0.2) is 39.1 Å². The Hall–Kier alpha value is -0.940. The minimum atomic E-state index is -0.240. The van der Waals surface area contributed by atoms with Crippen LogP contribution in [-0.2, 0) is 19.4 Å². The number of aromatic nitrogens is 3. The van der Waals surface area contributed by atoms with Gasteiger partial charge in [-0.05, 0) is 38.3 Å². The predicted molar refractivity (Wildman–Crippen MR) is 63.6 cm³/mol. The Morgan fingerprint density at radius 3 is 2.94 bits per heavy atom. The van der Waals surface area contributed by atoms with Gasteiger partial charge in [0.15, 0.2) is 5.82 Å². The summed E-state index contributed by atoms with van der Waals surface area (Å²) in [4.78, 5) is 4.60. The van der Waals surface area contributed by atoms with Gasteiger partial charge in [-0.3, -0.25) is 0 Å². The first-order valence-electron chi connectivity index (χ1n) is 6.62. The molecule has 1 saturated heterocycles. The van der Waals surface area contributed by atoms with E-state index in [-0.39, 0.29) is 6.10 Å². The van der Waals surface area contributed by atoms with Crippen LogP contribution in [0.4, 0.5) is 0 Å². The molecule has 94 valence electrons. The van der Waals surface area contributed by atoms with Gasteiger partial charge in [-0.15, -0.1) is 0 Å². The van der Waals surface area contributed by atoms with Gasteiger partial charge in [0.2, 0.25) is 0 Å². The van der Waals surface area contributed by atoms with E-state index in [0.717, 1.165) is 49.9 Å². The van der Waals surface area contributed by atoms with Crippen LogP contribution < -0.4 is 5.32 Å². The number of hydrogen-bond acceptors (Lipinski definition) is 4. The summed E-state index contributed by atoms with van der Waals surface area (Å²) in [6.07, 6.45) is 4.90. The van der Waals surface area contributed by atoms with Crippen molar-refractivity contribution >= 4 is 0 Å². The van der Waals surface area contributed by atoms with E-state index in [4.69, 9.17) is 0 Å². The Bertz CT molecular complexity index is 384. The third kappa shape index (κ3) is 2.50. The van der Waals surface area contributed by atoms with E-state index in [2.05, 4.69) is 15.4 Å². The molecule has 0 radical (unpaired) electrons. The number of hydrogen-bond donors (Lipinski definition) is 2. The summed E-state index contributed by atoms with van der Waals surface area (Å²) < 4.78 is 1.89. The van der Waals surface area contributed by atoms with Crippen molar-refractivity contribution in [3.8, 4) is 0 Å². The van der Waals surface area contributed by atoms with Gasteiger partial charge in [-0.1, -0.05) is 0 Å². The van der Waals surface area contributed by atoms with E-state index in [1.807, 2.05) is 4.68 Å². The standard InChI is InChI=1S/C12H20N4O/c17-10-1-2-12-14-11(15-16(12)8-10)7-9-3-5-13-6-4-9/h9-10,13,17H,1-8H2. The van der Waals surface area contributed by atoms with Crippen LogP contribution in [0.5, 0.6) is 0 Å². The zero-order chi connectivity index (χ0) is 11.7. The summed E-state index contributed by atoms with van der Waals surface area (Å²) >= 11 is 0. The van der Waals surface area contributed by atoms with Gasteiger partial charge in [0, 0.05) is 12.8 Å². The molecular weight excluding hydrogens is 216 g/mol. The number of nitrogens with one attached hydrogen (secondary N) is 1. The number of piperidine rings is 1. The highest BCUT2D eigenvalue weighted by molar-refractivity contribution is 4.98. The summed E-state index contributed by atoms with van der Waals surface area (Å²) in [6, 6.07) is 0. The van der Waals surface area contributed by atoms with Crippen LogP contribution in [0.15, 0.2) is 0 Å². The van der Waals surface area contributed by atoms with Crippen molar-refractivity contribution in [3.05, 3.63) is 11.6 Å². The molecular formula is C12H20N4O. The Labute approximate surface area is 101 Å². The van der Waals surface area contributed by atoms with E-state index < -0.39 is 0 Å². The molecule has 5 nitrogen and oxygen atoms in total. The molecule has 3 heterocycles. The van der Waals surface area contributed by atoms with Gasteiger partial charge >= 0.3 is 0 Å². The molecule has 1 aromatic rings. The molecule has 0 bridgehead atoms. The first-order valence-corrected chi connectivity index (χ1v) is 6.62. The second-order valence-electron chi connectivity index (χ2n) is 5.22. The Balaban J connectivity index is 1.67. The molecule has 1 aromatic heterocycles. The highest BCUT2D eigenvalue weighted by Gasteiger charge is 2.21. The lowest BCUT2D eigenvalue weighted by Crippen LogP contribution is -2.28. The van der Waals surface area contributed by atoms with E-state index in [9.17, 15) is 5.11 Å². The van der Waals surface area contributed by atoms with Crippen LogP contribution in [0.25, 0.3) is 0 Å². The highest BCUT2D eigenvalue weighted by Crippen LogP contribution is 2.18. The molecule has 3 rings (SSSR count). The van der Waals surface area contributed by atoms with Gasteiger partial charge < -0.3 is 10.4 Å². The van der Waals surface area contributed by atoms with Crippen molar-refractivity contribution in [1.82, 2.24) is 20.1 Å². The fourth-order valence-electron chi connectivity index (χ4n) is 2.77. The molecule has 0 aliphatic carbocycles. The summed E-state index contributed by atoms with van der Waals surface area (Å²) in [5.74, 6) is 2.76. The number of aliphatic hydroxyl groups excluding tert-OH is 1. The third-order valence-electron chi connectivity index (χ3n) is 3.81. The van der Waals surface area contributed by atoms with Crippen LogP contribution in [0, 0.1) is 5.92 Å². The van der Waals surface area contributed by atoms with Crippen LogP contribution in [0.1, 0.15) is 30.9 Å². The SMILES string of the molecule is OC1CCc2nc(CC3CCNCC3)nn2C1. The molecule has 2 N–H and O–H groups in total. The fraction of sp³-hybridized carbons (Fsp3) is 0.833. The van der Waals surface area contributed by atoms with Crippen molar-refractivity contribution in [3.63, 3.8) is 0 Å². The molecule has 1 atom stereocenters.